The molecule has 0 saturated carbocycles. The van der Waals surface area contributed by atoms with Crippen molar-refractivity contribution in [3.8, 4) is 0 Å². The van der Waals surface area contributed by atoms with Gasteiger partial charge in [0.15, 0.2) is 6.10 Å². The Labute approximate surface area is 278 Å². The molecule has 0 fully saturated rings. The van der Waals surface area contributed by atoms with Gasteiger partial charge >= 0.3 is 11.9 Å². The summed E-state index contributed by atoms with van der Waals surface area (Å²) in [6.07, 6.45) is 35.7. The van der Waals surface area contributed by atoms with Crippen molar-refractivity contribution < 1.29 is 28.6 Å². The largest absolute Gasteiger partial charge is 0.466 e. The Hall–Kier alpha value is -1.59. The average Bonchev–Trinajstić information content (AvgIpc) is 3.04. The van der Waals surface area contributed by atoms with Crippen LogP contribution in [-0.4, -0.2) is 37.7 Å². The maximum absolute atomic E-state index is 12.2. The standard InChI is InChI=1S/C39H74O6/c1-3-5-7-9-10-11-12-13-14-16-19-22-26-30-34-43-38(41)33-29-25-21-18-15-17-20-23-27-31-35-44-39(42)37(45-36-40)32-28-24-8-6-4-2/h36-37H,3-35H2,1-2H3. The van der Waals surface area contributed by atoms with Crippen LogP contribution in [0.5, 0.6) is 0 Å². The van der Waals surface area contributed by atoms with Gasteiger partial charge in [0.1, 0.15) is 0 Å². The summed E-state index contributed by atoms with van der Waals surface area (Å²) in [5, 5.41) is 0. The molecule has 0 amide bonds. The van der Waals surface area contributed by atoms with Gasteiger partial charge < -0.3 is 14.2 Å². The summed E-state index contributed by atoms with van der Waals surface area (Å²) in [5.74, 6) is -0.430. The molecule has 0 spiro atoms. The van der Waals surface area contributed by atoms with Crippen LogP contribution < -0.4 is 0 Å². The highest BCUT2D eigenvalue weighted by molar-refractivity contribution is 5.75. The number of hydrogen-bond donors (Lipinski definition) is 0. The van der Waals surface area contributed by atoms with Crippen LogP contribution in [-0.2, 0) is 28.6 Å². The molecule has 6 heteroatoms. The summed E-state index contributed by atoms with van der Waals surface area (Å²) in [7, 11) is 0. The Morgan fingerprint density at radius 2 is 0.822 bits per heavy atom. The molecule has 1 unspecified atom stereocenters. The van der Waals surface area contributed by atoms with Crippen molar-refractivity contribution in [3.05, 3.63) is 0 Å². The predicted molar refractivity (Wildman–Crippen MR) is 187 cm³/mol. The summed E-state index contributed by atoms with van der Waals surface area (Å²) in [5.41, 5.74) is 0. The molecule has 6 nitrogen and oxygen atoms in total. The minimum atomic E-state index is -0.756. The Kier molecular flexibility index (Phi) is 35.6. The lowest BCUT2D eigenvalue weighted by atomic mass is 10.0. The summed E-state index contributed by atoms with van der Waals surface area (Å²) in [6, 6.07) is 0. The molecule has 0 aromatic carbocycles. The third-order valence-electron chi connectivity index (χ3n) is 8.83. The van der Waals surface area contributed by atoms with E-state index in [1.807, 2.05) is 0 Å². The van der Waals surface area contributed by atoms with Gasteiger partial charge in [-0.1, -0.05) is 174 Å². The second-order valence-corrected chi connectivity index (χ2v) is 13.2. The van der Waals surface area contributed by atoms with Crippen LogP contribution in [0.25, 0.3) is 0 Å². The van der Waals surface area contributed by atoms with Crippen LogP contribution in [0.4, 0.5) is 0 Å². The zero-order valence-corrected chi connectivity index (χ0v) is 29.9. The molecule has 0 saturated heterocycles. The molecule has 0 aliphatic heterocycles. The molecule has 0 aliphatic carbocycles. The van der Waals surface area contributed by atoms with Gasteiger partial charge in [-0.2, -0.15) is 0 Å². The van der Waals surface area contributed by atoms with Gasteiger partial charge in [0.25, 0.3) is 6.47 Å². The predicted octanol–water partition coefficient (Wildman–Crippen LogP) is 11.7. The molecule has 0 rings (SSSR count). The Bertz CT molecular complexity index is 637. The summed E-state index contributed by atoms with van der Waals surface area (Å²) in [4.78, 5) is 34.9. The van der Waals surface area contributed by atoms with Crippen LogP contribution in [0, 0.1) is 0 Å². The van der Waals surface area contributed by atoms with Crippen molar-refractivity contribution in [3.63, 3.8) is 0 Å². The topological polar surface area (TPSA) is 78.9 Å². The minimum absolute atomic E-state index is 0.0235. The first-order chi connectivity index (χ1) is 22.2. The summed E-state index contributed by atoms with van der Waals surface area (Å²) >= 11 is 0. The smallest absolute Gasteiger partial charge is 0.347 e. The van der Waals surface area contributed by atoms with E-state index in [4.69, 9.17) is 14.2 Å². The minimum Gasteiger partial charge on any atom is -0.466 e. The van der Waals surface area contributed by atoms with Gasteiger partial charge in [0.05, 0.1) is 13.2 Å². The normalized spacial score (nSPS) is 11.8. The van der Waals surface area contributed by atoms with Gasteiger partial charge in [-0.25, -0.2) is 4.79 Å². The SMILES string of the molecule is CCCCCCCCCCCCCCCCOC(=O)CCCCCCCCCCCCOC(=O)C(CCCCCCC)OC=O. The molecular formula is C39H74O6. The lowest BCUT2D eigenvalue weighted by molar-refractivity contribution is -0.162. The van der Waals surface area contributed by atoms with E-state index in [1.54, 1.807) is 0 Å². The molecule has 0 heterocycles. The van der Waals surface area contributed by atoms with Gasteiger partial charge in [-0.3, -0.25) is 9.59 Å². The van der Waals surface area contributed by atoms with E-state index in [-0.39, 0.29) is 5.97 Å². The molecule has 0 bridgehead atoms. The van der Waals surface area contributed by atoms with Gasteiger partial charge in [-0.15, -0.1) is 0 Å². The van der Waals surface area contributed by atoms with Crippen LogP contribution in [0.15, 0.2) is 0 Å². The number of unbranched alkanes of at least 4 members (excludes halogenated alkanes) is 26. The quantitative estimate of drug-likeness (QED) is 0.0291. The van der Waals surface area contributed by atoms with Gasteiger partial charge in [-0.05, 0) is 32.1 Å². The van der Waals surface area contributed by atoms with E-state index in [9.17, 15) is 14.4 Å². The van der Waals surface area contributed by atoms with Crippen molar-refractivity contribution in [2.45, 2.75) is 219 Å². The molecule has 0 radical (unpaired) electrons. The zero-order valence-electron chi connectivity index (χ0n) is 29.9. The molecule has 1 atom stereocenters. The van der Waals surface area contributed by atoms with E-state index in [2.05, 4.69) is 13.8 Å². The van der Waals surface area contributed by atoms with Gasteiger partial charge in [0, 0.05) is 6.42 Å². The Morgan fingerprint density at radius 3 is 1.24 bits per heavy atom. The lowest BCUT2D eigenvalue weighted by Gasteiger charge is -2.14. The first-order valence-electron chi connectivity index (χ1n) is 19.6. The highest BCUT2D eigenvalue weighted by atomic mass is 16.6. The number of ether oxygens (including phenoxy) is 3. The first-order valence-corrected chi connectivity index (χ1v) is 19.6. The molecular weight excluding hydrogens is 564 g/mol. The number of carbonyl (C=O) groups is 3. The molecule has 0 aromatic heterocycles. The number of hydrogen-bond acceptors (Lipinski definition) is 6. The van der Waals surface area contributed by atoms with E-state index < -0.39 is 12.1 Å². The summed E-state index contributed by atoms with van der Waals surface area (Å²) in [6.45, 7) is 5.79. The van der Waals surface area contributed by atoms with E-state index >= 15 is 0 Å². The Balaban J connectivity index is 3.38. The Morgan fingerprint density at radius 1 is 0.467 bits per heavy atom. The lowest BCUT2D eigenvalue weighted by Crippen LogP contribution is -2.26. The third-order valence-corrected chi connectivity index (χ3v) is 8.83. The second-order valence-electron chi connectivity index (χ2n) is 13.2. The van der Waals surface area contributed by atoms with Crippen molar-refractivity contribution >= 4 is 18.4 Å². The fourth-order valence-corrected chi connectivity index (χ4v) is 5.85. The molecule has 266 valence electrons. The number of carbonyl (C=O) groups excluding carboxylic acids is 3. The molecule has 0 aliphatic rings. The second kappa shape index (κ2) is 36.9. The molecule has 0 aromatic rings. The van der Waals surface area contributed by atoms with Crippen LogP contribution in [0.2, 0.25) is 0 Å². The van der Waals surface area contributed by atoms with Crippen LogP contribution in [0.3, 0.4) is 0 Å². The van der Waals surface area contributed by atoms with Gasteiger partial charge in [0.2, 0.25) is 0 Å². The fraction of sp³-hybridized carbons (Fsp3) is 0.923. The maximum atomic E-state index is 12.2. The van der Waals surface area contributed by atoms with Crippen LogP contribution >= 0.6 is 0 Å². The number of esters is 2. The van der Waals surface area contributed by atoms with Crippen molar-refractivity contribution in [2.24, 2.45) is 0 Å². The van der Waals surface area contributed by atoms with Crippen molar-refractivity contribution in [1.29, 1.82) is 0 Å². The highest BCUT2D eigenvalue weighted by Gasteiger charge is 2.20. The average molecular weight is 639 g/mol. The third kappa shape index (κ3) is 33.6. The van der Waals surface area contributed by atoms with Crippen molar-refractivity contribution in [2.75, 3.05) is 13.2 Å². The highest BCUT2D eigenvalue weighted by Crippen LogP contribution is 2.15. The molecule has 45 heavy (non-hydrogen) atoms. The van der Waals surface area contributed by atoms with E-state index in [0.717, 1.165) is 57.8 Å². The maximum Gasteiger partial charge on any atom is 0.347 e. The first kappa shape index (κ1) is 43.4. The van der Waals surface area contributed by atoms with E-state index in [0.29, 0.717) is 32.5 Å². The summed E-state index contributed by atoms with van der Waals surface area (Å²) < 4.78 is 15.7. The fourth-order valence-electron chi connectivity index (χ4n) is 5.85. The number of rotatable bonds is 37. The van der Waals surface area contributed by atoms with E-state index in [1.165, 1.54) is 128 Å². The van der Waals surface area contributed by atoms with Crippen LogP contribution in [0.1, 0.15) is 213 Å². The zero-order chi connectivity index (χ0) is 32.9. The molecule has 0 N–H and O–H groups in total. The monoisotopic (exact) mass is 639 g/mol. The van der Waals surface area contributed by atoms with Crippen molar-refractivity contribution in [1.82, 2.24) is 0 Å².